The Morgan fingerprint density at radius 2 is 1.71 bits per heavy atom. The number of carbonyl (C=O) groups excluding carboxylic acids is 2. The summed E-state index contributed by atoms with van der Waals surface area (Å²) in [4.78, 5) is 44.8. The topological polar surface area (TPSA) is 93.1 Å². The summed E-state index contributed by atoms with van der Waals surface area (Å²) in [5, 5.41) is 5.09. The highest BCUT2D eigenvalue weighted by molar-refractivity contribution is 7.19. The van der Waals surface area contributed by atoms with Crippen molar-refractivity contribution in [2.24, 2.45) is 0 Å². The molecule has 0 atom stereocenters. The van der Waals surface area contributed by atoms with E-state index in [1.807, 2.05) is 42.6 Å². The first-order valence-electron chi connectivity index (χ1n) is 10.3. The minimum Gasteiger partial charge on any atom is -0.321 e. The van der Waals surface area contributed by atoms with E-state index in [0.717, 1.165) is 20.7 Å². The van der Waals surface area contributed by atoms with Crippen LogP contribution in [0, 0.1) is 6.92 Å². The number of fused-ring (bicyclic) bond motifs is 1. The van der Waals surface area contributed by atoms with Crippen LogP contribution >= 0.6 is 22.7 Å². The number of carbonyl (C=O) groups is 2. The fourth-order valence-corrected chi connectivity index (χ4v) is 5.24. The van der Waals surface area contributed by atoms with Gasteiger partial charge in [0.15, 0.2) is 0 Å². The number of amides is 2. The number of aromatic nitrogens is 2. The van der Waals surface area contributed by atoms with E-state index in [1.54, 1.807) is 36.4 Å². The molecule has 0 fully saturated rings. The van der Waals surface area contributed by atoms with Crippen LogP contribution in [0.1, 0.15) is 24.9 Å². The molecular formula is C25H18N4O3S2. The zero-order chi connectivity index (χ0) is 23.7. The van der Waals surface area contributed by atoms with Gasteiger partial charge in [-0.2, -0.15) is 0 Å². The Morgan fingerprint density at radius 3 is 2.41 bits per heavy atom. The van der Waals surface area contributed by atoms with Gasteiger partial charge < -0.3 is 5.32 Å². The van der Waals surface area contributed by atoms with E-state index in [1.165, 1.54) is 29.0 Å². The van der Waals surface area contributed by atoms with Crippen LogP contribution in [0.2, 0.25) is 0 Å². The second-order valence-electron chi connectivity index (χ2n) is 7.45. The van der Waals surface area contributed by atoms with Gasteiger partial charge in [0.1, 0.15) is 11.2 Å². The maximum Gasteiger partial charge on any atom is 0.281 e. The maximum absolute atomic E-state index is 13.3. The van der Waals surface area contributed by atoms with Crippen molar-refractivity contribution in [3.63, 3.8) is 0 Å². The van der Waals surface area contributed by atoms with Crippen molar-refractivity contribution in [1.82, 2.24) is 9.66 Å². The summed E-state index contributed by atoms with van der Waals surface area (Å²) in [5.74, 6) is -0.675. The molecule has 0 aliphatic rings. The minimum absolute atomic E-state index is 0.210. The SMILES string of the molecule is Cc1sc2ncn(NC(=O)c3ccc(NC(=O)c4cccs4)cc3)c(=O)c2c1-c1ccccc1. The van der Waals surface area contributed by atoms with Crippen molar-refractivity contribution in [2.75, 3.05) is 10.7 Å². The number of aryl methyl sites for hydroxylation is 1. The van der Waals surface area contributed by atoms with Crippen molar-refractivity contribution in [1.29, 1.82) is 0 Å². The highest BCUT2D eigenvalue weighted by atomic mass is 32.1. The lowest BCUT2D eigenvalue weighted by molar-refractivity contribution is 0.100. The van der Waals surface area contributed by atoms with Crippen molar-refractivity contribution < 1.29 is 9.59 Å². The van der Waals surface area contributed by atoms with Crippen LogP contribution in [-0.2, 0) is 0 Å². The summed E-state index contributed by atoms with van der Waals surface area (Å²) < 4.78 is 1.11. The van der Waals surface area contributed by atoms with Crippen LogP contribution in [0.15, 0.2) is 83.2 Å². The molecule has 0 aliphatic heterocycles. The molecule has 3 aromatic heterocycles. The summed E-state index contributed by atoms with van der Waals surface area (Å²) in [5.41, 5.74) is 4.92. The molecule has 3 heterocycles. The number of benzene rings is 2. The molecule has 5 aromatic rings. The fraction of sp³-hybridized carbons (Fsp3) is 0.0400. The van der Waals surface area contributed by atoms with Gasteiger partial charge in [0, 0.05) is 21.7 Å². The van der Waals surface area contributed by atoms with Crippen LogP contribution in [0.3, 0.4) is 0 Å². The molecule has 7 nitrogen and oxygen atoms in total. The highest BCUT2D eigenvalue weighted by Gasteiger charge is 2.18. The quantitative estimate of drug-likeness (QED) is 0.360. The van der Waals surface area contributed by atoms with Crippen LogP contribution in [0.5, 0.6) is 0 Å². The van der Waals surface area contributed by atoms with Gasteiger partial charge in [-0.1, -0.05) is 36.4 Å². The number of hydrogen-bond donors (Lipinski definition) is 2. The predicted octanol–water partition coefficient (Wildman–Crippen LogP) is 5.13. The first kappa shape index (κ1) is 21.7. The summed E-state index contributed by atoms with van der Waals surface area (Å²) in [6.45, 7) is 1.95. The fourth-order valence-electron chi connectivity index (χ4n) is 3.61. The smallest absolute Gasteiger partial charge is 0.281 e. The monoisotopic (exact) mass is 486 g/mol. The Balaban J connectivity index is 1.39. The molecule has 0 saturated heterocycles. The second kappa shape index (κ2) is 9.05. The van der Waals surface area contributed by atoms with E-state index in [-0.39, 0.29) is 11.5 Å². The molecule has 168 valence electrons. The summed E-state index contributed by atoms with van der Waals surface area (Å²) in [6.07, 6.45) is 1.32. The molecule has 0 aliphatic carbocycles. The molecule has 9 heteroatoms. The summed E-state index contributed by atoms with van der Waals surface area (Å²) in [6, 6.07) is 19.6. The maximum atomic E-state index is 13.3. The first-order chi connectivity index (χ1) is 16.5. The lowest BCUT2D eigenvalue weighted by Crippen LogP contribution is -2.33. The Labute approximate surface area is 202 Å². The van der Waals surface area contributed by atoms with E-state index in [4.69, 9.17) is 0 Å². The molecule has 5 rings (SSSR count). The van der Waals surface area contributed by atoms with E-state index >= 15 is 0 Å². The zero-order valence-corrected chi connectivity index (χ0v) is 19.6. The lowest BCUT2D eigenvalue weighted by Gasteiger charge is -2.09. The van der Waals surface area contributed by atoms with E-state index < -0.39 is 5.91 Å². The van der Waals surface area contributed by atoms with E-state index in [2.05, 4.69) is 15.7 Å². The van der Waals surface area contributed by atoms with Gasteiger partial charge in [0.05, 0.1) is 10.3 Å². The predicted molar refractivity (Wildman–Crippen MR) is 136 cm³/mol. The van der Waals surface area contributed by atoms with Gasteiger partial charge in [0.25, 0.3) is 17.4 Å². The Morgan fingerprint density at radius 1 is 0.941 bits per heavy atom. The van der Waals surface area contributed by atoms with Gasteiger partial charge in [-0.3, -0.25) is 19.8 Å². The number of thiophene rings is 2. The normalized spacial score (nSPS) is 10.9. The minimum atomic E-state index is -0.465. The van der Waals surface area contributed by atoms with Gasteiger partial charge in [-0.15, -0.1) is 22.7 Å². The standard InChI is InChI=1S/C25H18N4O3S2/c1-15-20(16-6-3-2-4-7-16)21-24(34-15)26-14-29(25(21)32)28-22(30)17-9-11-18(12-10-17)27-23(31)19-8-5-13-33-19/h2-14H,1H3,(H,27,31)(H,28,30). The molecule has 0 spiro atoms. The number of rotatable bonds is 5. The molecular weight excluding hydrogens is 468 g/mol. The van der Waals surface area contributed by atoms with Gasteiger partial charge in [-0.05, 0) is 48.2 Å². The highest BCUT2D eigenvalue weighted by Crippen LogP contribution is 2.35. The van der Waals surface area contributed by atoms with Crippen molar-refractivity contribution >= 4 is 50.4 Å². The molecule has 2 N–H and O–H groups in total. The molecule has 2 amide bonds. The lowest BCUT2D eigenvalue weighted by atomic mass is 10.0. The van der Waals surface area contributed by atoms with Gasteiger partial charge in [0.2, 0.25) is 0 Å². The first-order valence-corrected chi connectivity index (χ1v) is 12.0. The largest absolute Gasteiger partial charge is 0.321 e. The molecule has 34 heavy (non-hydrogen) atoms. The van der Waals surface area contributed by atoms with Crippen molar-refractivity contribution in [3.8, 4) is 11.1 Å². The third-order valence-corrected chi connectivity index (χ3v) is 7.11. The van der Waals surface area contributed by atoms with E-state index in [0.29, 0.717) is 26.3 Å². The Kier molecular flexibility index (Phi) is 5.79. The second-order valence-corrected chi connectivity index (χ2v) is 9.60. The third kappa shape index (κ3) is 4.14. The molecule has 2 aromatic carbocycles. The molecule has 0 unspecified atom stereocenters. The van der Waals surface area contributed by atoms with Gasteiger partial charge in [-0.25, -0.2) is 9.66 Å². The van der Waals surface area contributed by atoms with Crippen molar-refractivity contribution in [2.45, 2.75) is 6.92 Å². The van der Waals surface area contributed by atoms with Crippen LogP contribution in [-0.4, -0.2) is 21.5 Å². The number of nitrogens with one attached hydrogen (secondary N) is 2. The average molecular weight is 487 g/mol. The summed E-state index contributed by atoms with van der Waals surface area (Å²) >= 11 is 2.79. The summed E-state index contributed by atoms with van der Waals surface area (Å²) in [7, 11) is 0. The van der Waals surface area contributed by atoms with Gasteiger partial charge >= 0.3 is 0 Å². The number of nitrogens with zero attached hydrogens (tertiary/aromatic N) is 2. The number of anilines is 1. The number of hydrogen-bond acceptors (Lipinski definition) is 6. The van der Waals surface area contributed by atoms with Crippen LogP contribution in [0.4, 0.5) is 5.69 Å². The Hall–Kier alpha value is -4.08. The van der Waals surface area contributed by atoms with Crippen molar-refractivity contribution in [3.05, 3.63) is 104 Å². The third-order valence-electron chi connectivity index (χ3n) is 5.22. The zero-order valence-electron chi connectivity index (χ0n) is 17.9. The molecule has 0 saturated carbocycles. The molecule has 0 radical (unpaired) electrons. The molecule has 0 bridgehead atoms. The van der Waals surface area contributed by atoms with Crippen LogP contribution in [0.25, 0.3) is 21.3 Å². The average Bonchev–Trinajstić information content (AvgIpc) is 3.50. The van der Waals surface area contributed by atoms with Crippen LogP contribution < -0.4 is 16.3 Å². The van der Waals surface area contributed by atoms with E-state index in [9.17, 15) is 14.4 Å². The Bertz CT molecular complexity index is 1550.